The maximum absolute atomic E-state index is 7.09. The maximum Gasteiger partial charge on any atom is 0.167 e. The van der Waals surface area contributed by atoms with Crippen LogP contribution in [-0.4, -0.2) is 50.2 Å². The molecule has 0 saturated carbocycles. The van der Waals surface area contributed by atoms with Gasteiger partial charge in [0, 0.05) is 0 Å². The van der Waals surface area contributed by atoms with Gasteiger partial charge in [-0.05, 0) is 30.5 Å². The molecule has 0 spiro atoms. The zero-order chi connectivity index (χ0) is 28.0. The molecule has 5 aromatic rings. The number of ether oxygens (including phenoxy) is 4. The van der Waals surface area contributed by atoms with Crippen molar-refractivity contribution in [1.29, 1.82) is 0 Å². The Hall–Kier alpha value is -4.15. The van der Waals surface area contributed by atoms with Gasteiger partial charge in [0.25, 0.3) is 0 Å². The number of rotatable bonds is 7. The quantitative estimate of drug-likeness (QED) is 0.288. The van der Waals surface area contributed by atoms with E-state index < -0.39 is 29.8 Å². The second-order valence-electron chi connectivity index (χ2n) is 10.8. The molecule has 0 unspecified atom stereocenters. The molecule has 208 valence electrons. The second kappa shape index (κ2) is 10.0. The van der Waals surface area contributed by atoms with Crippen molar-refractivity contribution in [3.63, 3.8) is 0 Å². The Balaban J connectivity index is 1.28. The summed E-state index contributed by atoms with van der Waals surface area (Å²) in [6, 6.07) is 30.8. The Morgan fingerprint density at radius 2 is 1.37 bits per heavy atom. The highest BCUT2D eigenvalue weighted by atomic mass is 16.8. The van der Waals surface area contributed by atoms with Gasteiger partial charge in [-0.3, -0.25) is 4.57 Å². The number of aromatic nitrogens is 4. The Morgan fingerprint density at radius 1 is 0.805 bits per heavy atom. The predicted molar refractivity (Wildman–Crippen MR) is 153 cm³/mol. The van der Waals surface area contributed by atoms with Crippen LogP contribution in [0.15, 0.2) is 104 Å². The zero-order valence-electron chi connectivity index (χ0n) is 22.8. The third-order valence-corrected chi connectivity index (χ3v) is 7.79. The molecule has 9 heteroatoms. The summed E-state index contributed by atoms with van der Waals surface area (Å²) in [6.07, 6.45) is 1.30. The van der Waals surface area contributed by atoms with Gasteiger partial charge in [-0.25, -0.2) is 15.0 Å². The molecule has 41 heavy (non-hydrogen) atoms. The van der Waals surface area contributed by atoms with Crippen LogP contribution in [-0.2, 0) is 24.5 Å². The fraction of sp³-hybridized carbons (Fsp3) is 0.281. The van der Waals surface area contributed by atoms with Crippen LogP contribution in [0.5, 0.6) is 0 Å². The van der Waals surface area contributed by atoms with Crippen molar-refractivity contribution in [2.75, 3.05) is 12.3 Å². The van der Waals surface area contributed by atoms with Gasteiger partial charge in [0.05, 0.1) is 12.9 Å². The van der Waals surface area contributed by atoms with Crippen LogP contribution in [0.3, 0.4) is 0 Å². The Kier molecular flexibility index (Phi) is 6.32. The average molecular weight is 550 g/mol. The minimum Gasteiger partial charge on any atom is -0.382 e. The van der Waals surface area contributed by atoms with Crippen molar-refractivity contribution in [2.24, 2.45) is 0 Å². The zero-order valence-corrected chi connectivity index (χ0v) is 22.8. The number of hydrogen-bond donors (Lipinski definition) is 1. The molecule has 0 bridgehead atoms. The molecule has 0 radical (unpaired) electrons. The molecule has 4 atom stereocenters. The lowest BCUT2D eigenvalue weighted by molar-refractivity contribution is -0.204. The molecule has 0 amide bonds. The van der Waals surface area contributed by atoms with Crippen molar-refractivity contribution in [3.05, 3.63) is 120 Å². The van der Waals surface area contributed by atoms with Crippen LogP contribution in [0.2, 0.25) is 0 Å². The first kappa shape index (κ1) is 25.8. The highest BCUT2D eigenvalue weighted by molar-refractivity contribution is 5.81. The highest BCUT2D eigenvalue weighted by Gasteiger charge is 2.57. The van der Waals surface area contributed by atoms with Gasteiger partial charge in [-0.15, -0.1) is 0 Å². The number of nitrogens with zero attached hydrogens (tertiary/aromatic N) is 4. The van der Waals surface area contributed by atoms with Gasteiger partial charge < -0.3 is 24.7 Å². The number of anilines is 1. The van der Waals surface area contributed by atoms with Gasteiger partial charge >= 0.3 is 0 Å². The van der Waals surface area contributed by atoms with E-state index in [0.29, 0.717) is 17.0 Å². The Bertz CT molecular complexity index is 1550. The first-order chi connectivity index (χ1) is 20.0. The van der Waals surface area contributed by atoms with E-state index in [1.807, 2.05) is 73.0 Å². The van der Waals surface area contributed by atoms with Crippen molar-refractivity contribution < 1.29 is 18.9 Å². The fourth-order valence-electron chi connectivity index (χ4n) is 6.05. The first-order valence-electron chi connectivity index (χ1n) is 13.7. The third kappa shape index (κ3) is 4.38. The first-order valence-corrected chi connectivity index (χ1v) is 13.7. The van der Waals surface area contributed by atoms with Crippen LogP contribution < -0.4 is 5.73 Å². The summed E-state index contributed by atoms with van der Waals surface area (Å²) in [4.78, 5) is 12.9. The van der Waals surface area contributed by atoms with Crippen molar-refractivity contribution in [2.45, 2.75) is 49.8 Å². The van der Waals surface area contributed by atoms with Crippen LogP contribution in [0.1, 0.15) is 36.8 Å². The topological polar surface area (TPSA) is 107 Å². The average Bonchev–Trinajstić information content (AvgIpc) is 3.67. The van der Waals surface area contributed by atoms with E-state index >= 15 is 0 Å². The lowest BCUT2D eigenvalue weighted by Crippen LogP contribution is -2.39. The molecule has 2 N–H and O–H groups in total. The molecule has 3 aromatic carbocycles. The van der Waals surface area contributed by atoms with E-state index in [0.717, 1.165) is 16.7 Å². The van der Waals surface area contributed by atoms with Crippen LogP contribution in [0.4, 0.5) is 5.82 Å². The molecule has 9 nitrogen and oxygen atoms in total. The van der Waals surface area contributed by atoms with Gasteiger partial charge in [0.1, 0.15) is 35.8 Å². The molecule has 2 aliphatic rings. The Labute approximate surface area is 237 Å². The largest absolute Gasteiger partial charge is 0.382 e. The molecule has 4 heterocycles. The van der Waals surface area contributed by atoms with Gasteiger partial charge in [0.15, 0.2) is 23.5 Å². The molecule has 2 aromatic heterocycles. The Morgan fingerprint density at radius 3 is 1.95 bits per heavy atom. The SMILES string of the molecule is CC1(C)O[C@@H]2[C@H](O1)[C@H](COC(c1ccccc1)(c1ccccc1)c1ccccc1)O[C@@H]2n1cnc2c(N)ncnc21. The number of fused-ring (bicyclic) bond motifs is 2. The van der Waals surface area contributed by atoms with E-state index in [1.165, 1.54) is 6.33 Å². The van der Waals surface area contributed by atoms with Gasteiger partial charge in [-0.1, -0.05) is 91.0 Å². The molecule has 2 fully saturated rings. The van der Waals surface area contributed by atoms with Crippen molar-refractivity contribution in [1.82, 2.24) is 19.5 Å². The maximum atomic E-state index is 7.09. The van der Waals surface area contributed by atoms with E-state index in [-0.39, 0.29) is 12.7 Å². The summed E-state index contributed by atoms with van der Waals surface area (Å²) in [5.74, 6) is -0.486. The summed E-state index contributed by atoms with van der Waals surface area (Å²) in [5.41, 5.74) is 9.30. The summed E-state index contributed by atoms with van der Waals surface area (Å²) >= 11 is 0. The molecule has 2 saturated heterocycles. The normalized spacial score (nSPS) is 23.6. The molecular weight excluding hydrogens is 518 g/mol. The minimum absolute atomic E-state index is 0.236. The summed E-state index contributed by atoms with van der Waals surface area (Å²) in [7, 11) is 0. The third-order valence-electron chi connectivity index (χ3n) is 7.79. The highest BCUT2D eigenvalue weighted by Crippen LogP contribution is 2.46. The molecule has 2 aliphatic heterocycles. The smallest absolute Gasteiger partial charge is 0.167 e. The van der Waals surface area contributed by atoms with Gasteiger partial charge in [0.2, 0.25) is 0 Å². The van der Waals surface area contributed by atoms with Crippen LogP contribution in [0.25, 0.3) is 11.2 Å². The fourth-order valence-corrected chi connectivity index (χ4v) is 6.05. The van der Waals surface area contributed by atoms with Crippen LogP contribution >= 0.6 is 0 Å². The van der Waals surface area contributed by atoms with Gasteiger partial charge in [-0.2, -0.15) is 0 Å². The number of nitrogens with two attached hydrogens (primary N) is 1. The number of hydrogen-bond acceptors (Lipinski definition) is 8. The molecule has 0 aliphatic carbocycles. The van der Waals surface area contributed by atoms with E-state index in [9.17, 15) is 0 Å². The molecular formula is C32H31N5O4. The lowest BCUT2D eigenvalue weighted by Gasteiger charge is -2.37. The number of benzene rings is 3. The lowest BCUT2D eigenvalue weighted by atomic mass is 9.80. The predicted octanol–water partition coefficient (Wildman–Crippen LogP) is 4.83. The van der Waals surface area contributed by atoms with Crippen molar-refractivity contribution in [3.8, 4) is 0 Å². The number of nitrogen functional groups attached to an aromatic ring is 1. The van der Waals surface area contributed by atoms with Crippen LogP contribution in [0, 0.1) is 0 Å². The standard InChI is InChI=1S/C32H31N5O4/c1-31(2)40-26-24(39-30(27(26)41-31)37-20-36-25-28(33)34-19-35-29(25)37)18-38-32(21-12-6-3-7-13-21,22-14-8-4-9-15-22)23-16-10-5-11-17-23/h3-17,19-20,24,26-27,30H,18H2,1-2H3,(H2,33,34,35)/t24-,26+,27+,30-/m0/s1. The van der Waals surface area contributed by atoms with E-state index in [4.69, 9.17) is 24.7 Å². The summed E-state index contributed by atoms with van der Waals surface area (Å²) in [6.45, 7) is 4.06. The van der Waals surface area contributed by atoms with E-state index in [1.54, 1.807) is 6.33 Å². The molecule has 7 rings (SSSR count). The summed E-state index contributed by atoms with van der Waals surface area (Å²) < 4.78 is 28.4. The summed E-state index contributed by atoms with van der Waals surface area (Å²) in [5, 5.41) is 0. The minimum atomic E-state index is -0.890. The number of imidazole rings is 1. The second-order valence-corrected chi connectivity index (χ2v) is 10.8. The monoisotopic (exact) mass is 549 g/mol. The van der Waals surface area contributed by atoms with E-state index in [2.05, 4.69) is 51.4 Å². The van der Waals surface area contributed by atoms with Crippen molar-refractivity contribution >= 4 is 17.0 Å².